The van der Waals surface area contributed by atoms with Gasteiger partial charge < -0.3 is 10.5 Å². The maximum Gasteiger partial charge on any atom is 0.123 e. The third-order valence-corrected chi connectivity index (χ3v) is 4.07. The number of hydrogen-bond acceptors (Lipinski definition) is 4. The number of benzene rings is 1. The van der Waals surface area contributed by atoms with Crippen LogP contribution in [0.25, 0.3) is 0 Å². The number of aromatic nitrogens is 2. The van der Waals surface area contributed by atoms with Gasteiger partial charge in [-0.25, -0.2) is 0 Å². The number of aryl methyl sites for hydroxylation is 2. The van der Waals surface area contributed by atoms with E-state index in [9.17, 15) is 0 Å². The third kappa shape index (κ3) is 3.30. The molecular weight excluding hydrogens is 258 g/mol. The Morgan fingerprint density at radius 3 is 2.74 bits per heavy atom. The molecule has 0 saturated heterocycles. The van der Waals surface area contributed by atoms with E-state index in [0.717, 1.165) is 22.8 Å². The number of thioether (sulfide) groups is 1. The van der Waals surface area contributed by atoms with Gasteiger partial charge in [0.2, 0.25) is 0 Å². The van der Waals surface area contributed by atoms with Crippen molar-refractivity contribution in [2.24, 2.45) is 12.8 Å². The fraction of sp³-hybridized carbons (Fsp3) is 0.357. The monoisotopic (exact) mass is 277 g/mol. The summed E-state index contributed by atoms with van der Waals surface area (Å²) >= 11 is 1.77. The van der Waals surface area contributed by atoms with E-state index in [1.54, 1.807) is 18.9 Å². The smallest absolute Gasteiger partial charge is 0.123 e. The van der Waals surface area contributed by atoms with Crippen LogP contribution in [0.2, 0.25) is 0 Å². The second-order valence-electron chi connectivity index (χ2n) is 4.39. The lowest BCUT2D eigenvalue weighted by Crippen LogP contribution is -2.00. The Balaban J connectivity index is 2.09. The molecule has 0 amide bonds. The van der Waals surface area contributed by atoms with Crippen LogP contribution in [0, 0.1) is 6.92 Å². The molecule has 0 unspecified atom stereocenters. The molecule has 1 aromatic carbocycles. The molecule has 102 valence electrons. The van der Waals surface area contributed by atoms with Crippen LogP contribution in [0.5, 0.6) is 5.75 Å². The first-order chi connectivity index (χ1) is 9.13. The van der Waals surface area contributed by atoms with Crippen LogP contribution < -0.4 is 10.5 Å². The molecule has 1 heterocycles. The summed E-state index contributed by atoms with van der Waals surface area (Å²) in [5, 5.41) is 5.51. The molecule has 0 radical (unpaired) electrons. The zero-order chi connectivity index (χ0) is 13.8. The van der Waals surface area contributed by atoms with Crippen LogP contribution in [0.4, 0.5) is 0 Å². The number of hydrogen-bond donors (Lipinski definition) is 1. The molecule has 0 aliphatic carbocycles. The van der Waals surface area contributed by atoms with Gasteiger partial charge >= 0.3 is 0 Å². The zero-order valence-corrected chi connectivity index (χ0v) is 12.3. The average molecular weight is 277 g/mol. The van der Waals surface area contributed by atoms with Crippen LogP contribution in [0.1, 0.15) is 16.8 Å². The molecule has 2 rings (SSSR count). The Morgan fingerprint density at radius 1 is 1.37 bits per heavy atom. The van der Waals surface area contributed by atoms with E-state index in [0.29, 0.717) is 6.54 Å². The minimum Gasteiger partial charge on any atom is -0.496 e. The van der Waals surface area contributed by atoms with Crippen molar-refractivity contribution in [2.45, 2.75) is 24.2 Å². The minimum absolute atomic E-state index is 0.493. The summed E-state index contributed by atoms with van der Waals surface area (Å²) in [6.07, 6.45) is 0. The molecule has 0 fully saturated rings. The quantitative estimate of drug-likeness (QED) is 0.853. The lowest BCUT2D eigenvalue weighted by molar-refractivity contribution is 0.409. The fourth-order valence-corrected chi connectivity index (χ4v) is 2.94. The Bertz CT molecular complexity index is 566. The second kappa shape index (κ2) is 6.12. The van der Waals surface area contributed by atoms with Crippen molar-refractivity contribution in [1.29, 1.82) is 0 Å². The van der Waals surface area contributed by atoms with Gasteiger partial charge in [0.05, 0.1) is 17.8 Å². The summed E-state index contributed by atoms with van der Waals surface area (Å²) in [6.45, 7) is 2.50. The van der Waals surface area contributed by atoms with Crippen molar-refractivity contribution in [3.05, 3.63) is 41.1 Å². The summed E-state index contributed by atoms with van der Waals surface area (Å²) in [4.78, 5) is 0. The molecule has 0 saturated carbocycles. The van der Waals surface area contributed by atoms with Crippen molar-refractivity contribution in [2.75, 3.05) is 7.11 Å². The molecule has 0 bridgehead atoms. The highest BCUT2D eigenvalue weighted by atomic mass is 32.2. The molecule has 0 aliphatic rings. The zero-order valence-electron chi connectivity index (χ0n) is 11.5. The average Bonchev–Trinajstić information content (AvgIpc) is 2.74. The number of methoxy groups -OCH3 is 1. The number of nitrogens with two attached hydrogens (primary N) is 1. The van der Waals surface area contributed by atoms with Gasteiger partial charge in [0.15, 0.2) is 0 Å². The Labute approximate surface area is 117 Å². The lowest BCUT2D eigenvalue weighted by Gasteiger charge is -2.09. The van der Waals surface area contributed by atoms with Crippen LogP contribution in [-0.2, 0) is 19.3 Å². The van der Waals surface area contributed by atoms with Gasteiger partial charge in [-0.2, -0.15) is 5.10 Å². The van der Waals surface area contributed by atoms with Gasteiger partial charge in [-0.05, 0) is 30.7 Å². The van der Waals surface area contributed by atoms with Crippen molar-refractivity contribution in [3.8, 4) is 5.75 Å². The first-order valence-electron chi connectivity index (χ1n) is 6.13. The van der Waals surface area contributed by atoms with Crippen LogP contribution in [0.3, 0.4) is 0 Å². The maximum absolute atomic E-state index is 5.73. The number of nitrogens with zero attached hydrogens (tertiary/aromatic N) is 2. The maximum atomic E-state index is 5.73. The van der Waals surface area contributed by atoms with Crippen molar-refractivity contribution in [3.63, 3.8) is 0 Å². The van der Waals surface area contributed by atoms with E-state index >= 15 is 0 Å². The highest BCUT2D eigenvalue weighted by molar-refractivity contribution is 7.98. The largest absolute Gasteiger partial charge is 0.496 e. The molecular formula is C14H19N3OS. The molecule has 2 aromatic rings. The summed E-state index contributed by atoms with van der Waals surface area (Å²) in [6, 6.07) is 8.26. The molecule has 1 aromatic heterocycles. The normalized spacial score (nSPS) is 10.7. The highest BCUT2D eigenvalue weighted by Crippen LogP contribution is 2.26. The first kappa shape index (κ1) is 14.0. The molecule has 2 N–H and O–H groups in total. The highest BCUT2D eigenvalue weighted by Gasteiger charge is 2.06. The van der Waals surface area contributed by atoms with E-state index in [1.807, 2.05) is 24.7 Å². The summed E-state index contributed by atoms with van der Waals surface area (Å²) < 4.78 is 7.19. The Morgan fingerprint density at radius 2 is 2.16 bits per heavy atom. The standard InChI is InChI=1S/C14H19N3OS/c1-10-6-14(17(2)16-10)19-9-11-4-5-13(18-3)12(7-11)8-15/h4-7H,8-9,15H2,1-3H3. The molecule has 0 spiro atoms. The van der Waals surface area contributed by atoms with Crippen molar-refractivity contribution in [1.82, 2.24) is 9.78 Å². The molecule has 0 atom stereocenters. The van der Waals surface area contributed by atoms with E-state index in [4.69, 9.17) is 10.5 Å². The van der Waals surface area contributed by atoms with Gasteiger partial charge in [0.1, 0.15) is 5.75 Å². The van der Waals surface area contributed by atoms with Crippen molar-refractivity contribution < 1.29 is 4.74 Å². The fourth-order valence-electron chi connectivity index (χ4n) is 1.96. The van der Waals surface area contributed by atoms with E-state index in [2.05, 4.69) is 23.3 Å². The molecule has 4 nitrogen and oxygen atoms in total. The predicted molar refractivity (Wildman–Crippen MR) is 78.4 cm³/mol. The van der Waals surface area contributed by atoms with Gasteiger partial charge in [-0.3, -0.25) is 4.68 Å². The molecule has 5 heteroatoms. The van der Waals surface area contributed by atoms with Crippen LogP contribution >= 0.6 is 11.8 Å². The number of rotatable bonds is 5. The van der Waals surface area contributed by atoms with Gasteiger partial charge in [0, 0.05) is 24.9 Å². The predicted octanol–water partition coefficient (Wildman–Crippen LogP) is 2.49. The topological polar surface area (TPSA) is 53.1 Å². The van der Waals surface area contributed by atoms with Gasteiger partial charge in [0.25, 0.3) is 0 Å². The Hall–Kier alpha value is -1.46. The van der Waals surface area contributed by atoms with Gasteiger partial charge in [-0.15, -0.1) is 11.8 Å². The SMILES string of the molecule is COc1ccc(CSc2cc(C)nn2C)cc1CN. The number of ether oxygens (including phenoxy) is 1. The summed E-state index contributed by atoms with van der Waals surface area (Å²) in [5.74, 6) is 1.75. The van der Waals surface area contributed by atoms with Crippen LogP contribution in [0.15, 0.2) is 29.3 Å². The minimum atomic E-state index is 0.493. The Kier molecular flexibility index (Phi) is 4.50. The van der Waals surface area contributed by atoms with Crippen LogP contribution in [-0.4, -0.2) is 16.9 Å². The third-order valence-electron chi connectivity index (χ3n) is 2.91. The van der Waals surface area contributed by atoms with E-state index in [-0.39, 0.29) is 0 Å². The summed E-state index contributed by atoms with van der Waals surface area (Å²) in [5.41, 5.74) is 9.06. The van der Waals surface area contributed by atoms with E-state index in [1.165, 1.54) is 10.6 Å². The summed E-state index contributed by atoms with van der Waals surface area (Å²) in [7, 11) is 3.63. The molecule has 0 aliphatic heterocycles. The van der Waals surface area contributed by atoms with Gasteiger partial charge in [-0.1, -0.05) is 6.07 Å². The van der Waals surface area contributed by atoms with E-state index < -0.39 is 0 Å². The molecule has 19 heavy (non-hydrogen) atoms. The second-order valence-corrected chi connectivity index (χ2v) is 5.38. The van der Waals surface area contributed by atoms with Crippen molar-refractivity contribution >= 4 is 11.8 Å². The lowest BCUT2D eigenvalue weighted by atomic mass is 10.1. The first-order valence-corrected chi connectivity index (χ1v) is 7.12.